The van der Waals surface area contributed by atoms with Gasteiger partial charge in [0.1, 0.15) is 17.7 Å². The maximum atomic E-state index is 14.6. The molecule has 4 nitrogen and oxygen atoms in total. The minimum absolute atomic E-state index is 0.128. The van der Waals surface area contributed by atoms with E-state index in [1.165, 1.54) is 35.2 Å². The molecule has 0 aliphatic rings. The molecule has 0 aliphatic heterocycles. The van der Waals surface area contributed by atoms with E-state index in [9.17, 15) is 18.4 Å². The summed E-state index contributed by atoms with van der Waals surface area (Å²) in [6, 6.07) is 15.7. The standard InChI is InChI=1S/C23H19ClF2N2O2/c1-14(16-8-5-9-18(25)12-16)28(21(22(27)29)15-6-3-2-4-7-15)23(30)19-11-10-17(24)13-20(19)26/h2-14,21H,1H3,(H2,27,29)/t14-,21-/m1/s1. The molecule has 2 atom stereocenters. The first-order chi connectivity index (χ1) is 14.3. The second-order valence-electron chi connectivity index (χ2n) is 6.78. The van der Waals surface area contributed by atoms with Gasteiger partial charge in [-0.2, -0.15) is 0 Å². The molecule has 3 aromatic carbocycles. The highest BCUT2D eigenvalue weighted by Gasteiger charge is 2.35. The Hall–Kier alpha value is -3.25. The molecular formula is C23H19ClF2N2O2. The first kappa shape index (κ1) is 21.5. The Bertz CT molecular complexity index is 1080. The Kier molecular flexibility index (Phi) is 6.47. The predicted octanol–water partition coefficient (Wildman–Crippen LogP) is 5.05. The number of hydrogen-bond donors (Lipinski definition) is 1. The van der Waals surface area contributed by atoms with Crippen molar-refractivity contribution in [1.82, 2.24) is 4.90 Å². The van der Waals surface area contributed by atoms with E-state index in [-0.39, 0.29) is 10.6 Å². The molecule has 0 aromatic heterocycles. The summed E-state index contributed by atoms with van der Waals surface area (Å²) in [7, 11) is 0. The third kappa shape index (κ3) is 4.49. The van der Waals surface area contributed by atoms with Crippen molar-refractivity contribution in [1.29, 1.82) is 0 Å². The van der Waals surface area contributed by atoms with Crippen molar-refractivity contribution in [2.45, 2.75) is 19.0 Å². The Morgan fingerprint density at radius 3 is 2.20 bits per heavy atom. The van der Waals surface area contributed by atoms with E-state index in [0.29, 0.717) is 11.1 Å². The van der Waals surface area contributed by atoms with Crippen LogP contribution in [0.25, 0.3) is 0 Å². The lowest BCUT2D eigenvalue weighted by Crippen LogP contribution is -2.43. The fourth-order valence-electron chi connectivity index (χ4n) is 3.34. The monoisotopic (exact) mass is 428 g/mol. The SMILES string of the molecule is C[C@H](c1cccc(F)c1)N(C(=O)c1ccc(Cl)cc1F)[C@@H](C(N)=O)c1ccccc1. The summed E-state index contributed by atoms with van der Waals surface area (Å²) in [6.45, 7) is 1.62. The van der Waals surface area contributed by atoms with E-state index in [2.05, 4.69) is 0 Å². The Morgan fingerprint density at radius 2 is 1.60 bits per heavy atom. The minimum atomic E-state index is -1.20. The molecule has 0 bridgehead atoms. The summed E-state index contributed by atoms with van der Waals surface area (Å²) >= 11 is 5.81. The fourth-order valence-corrected chi connectivity index (χ4v) is 3.50. The van der Waals surface area contributed by atoms with Gasteiger partial charge in [0.2, 0.25) is 5.91 Å². The molecule has 0 saturated carbocycles. The van der Waals surface area contributed by atoms with E-state index in [1.54, 1.807) is 43.3 Å². The van der Waals surface area contributed by atoms with E-state index >= 15 is 0 Å². The number of halogens is 3. The van der Waals surface area contributed by atoms with Crippen LogP contribution in [-0.4, -0.2) is 16.7 Å². The van der Waals surface area contributed by atoms with Crippen LogP contribution in [0.5, 0.6) is 0 Å². The molecule has 0 heterocycles. The van der Waals surface area contributed by atoms with Crippen LogP contribution in [0.2, 0.25) is 5.02 Å². The van der Waals surface area contributed by atoms with Crippen molar-refractivity contribution < 1.29 is 18.4 Å². The van der Waals surface area contributed by atoms with Gasteiger partial charge in [0, 0.05) is 5.02 Å². The molecule has 2 amide bonds. The largest absolute Gasteiger partial charge is 0.368 e. The highest BCUT2D eigenvalue weighted by molar-refractivity contribution is 6.30. The minimum Gasteiger partial charge on any atom is -0.368 e. The molecule has 3 rings (SSSR count). The van der Waals surface area contributed by atoms with E-state index in [4.69, 9.17) is 17.3 Å². The molecular weight excluding hydrogens is 410 g/mol. The maximum absolute atomic E-state index is 14.6. The van der Waals surface area contributed by atoms with Crippen LogP contribution in [0.15, 0.2) is 72.8 Å². The van der Waals surface area contributed by atoms with Crippen LogP contribution in [0.3, 0.4) is 0 Å². The highest BCUT2D eigenvalue weighted by Crippen LogP contribution is 2.33. The molecule has 0 spiro atoms. The van der Waals surface area contributed by atoms with Crippen LogP contribution in [0.1, 0.15) is 40.5 Å². The number of nitrogens with zero attached hydrogens (tertiary/aromatic N) is 1. The van der Waals surface area contributed by atoms with Crippen LogP contribution >= 0.6 is 11.6 Å². The van der Waals surface area contributed by atoms with Gasteiger partial charge in [-0.1, -0.05) is 54.1 Å². The van der Waals surface area contributed by atoms with Crippen molar-refractivity contribution in [3.05, 3.63) is 106 Å². The third-order valence-electron chi connectivity index (χ3n) is 4.81. The zero-order valence-corrected chi connectivity index (χ0v) is 16.8. The van der Waals surface area contributed by atoms with E-state index in [1.807, 2.05) is 0 Å². The second-order valence-corrected chi connectivity index (χ2v) is 7.22. The molecule has 0 unspecified atom stereocenters. The topological polar surface area (TPSA) is 63.4 Å². The molecule has 7 heteroatoms. The number of rotatable bonds is 6. The number of nitrogens with two attached hydrogens (primary N) is 1. The van der Waals surface area contributed by atoms with Crippen molar-refractivity contribution in [3.8, 4) is 0 Å². The second kappa shape index (κ2) is 9.05. The number of hydrogen-bond acceptors (Lipinski definition) is 2. The number of amides is 2. The number of carbonyl (C=O) groups is 2. The molecule has 0 aliphatic carbocycles. The van der Waals surface area contributed by atoms with Crippen molar-refractivity contribution in [3.63, 3.8) is 0 Å². The molecule has 30 heavy (non-hydrogen) atoms. The normalized spacial score (nSPS) is 12.8. The van der Waals surface area contributed by atoms with Crippen molar-refractivity contribution >= 4 is 23.4 Å². The van der Waals surface area contributed by atoms with Gasteiger partial charge in [0.15, 0.2) is 0 Å². The number of carbonyl (C=O) groups excluding carboxylic acids is 2. The Balaban J connectivity index is 2.16. The quantitative estimate of drug-likeness (QED) is 0.597. The Labute approximate surface area is 177 Å². The van der Waals surface area contributed by atoms with E-state index < -0.39 is 35.5 Å². The third-order valence-corrected chi connectivity index (χ3v) is 5.04. The van der Waals surface area contributed by atoms with Gasteiger partial charge >= 0.3 is 0 Å². The average Bonchev–Trinajstić information content (AvgIpc) is 2.71. The molecule has 2 N–H and O–H groups in total. The lowest BCUT2D eigenvalue weighted by atomic mass is 9.98. The molecule has 154 valence electrons. The summed E-state index contributed by atoms with van der Waals surface area (Å²) < 4.78 is 28.4. The first-order valence-electron chi connectivity index (χ1n) is 9.17. The summed E-state index contributed by atoms with van der Waals surface area (Å²) in [5.74, 6) is -2.90. The van der Waals surface area contributed by atoms with Crippen LogP contribution in [0, 0.1) is 11.6 Å². The van der Waals surface area contributed by atoms with Gasteiger partial charge in [-0.05, 0) is 48.4 Å². The zero-order chi connectivity index (χ0) is 21.8. The summed E-state index contributed by atoms with van der Waals surface area (Å²) in [5.41, 5.74) is 6.28. The van der Waals surface area contributed by atoms with Gasteiger partial charge in [0.25, 0.3) is 5.91 Å². The summed E-state index contributed by atoms with van der Waals surface area (Å²) in [4.78, 5) is 27.1. The molecule has 3 aromatic rings. The number of primary amides is 1. The van der Waals surface area contributed by atoms with Gasteiger partial charge in [0.05, 0.1) is 11.6 Å². The van der Waals surface area contributed by atoms with Crippen molar-refractivity contribution in [2.75, 3.05) is 0 Å². The summed E-state index contributed by atoms with van der Waals surface area (Å²) in [6.07, 6.45) is 0. The van der Waals surface area contributed by atoms with Crippen LogP contribution < -0.4 is 5.73 Å². The first-order valence-corrected chi connectivity index (χ1v) is 9.55. The van der Waals surface area contributed by atoms with Gasteiger partial charge in [-0.25, -0.2) is 8.78 Å². The molecule has 0 fully saturated rings. The zero-order valence-electron chi connectivity index (χ0n) is 16.1. The number of benzene rings is 3. The van der Waals surface area contributed by atoms with Crippen LogP contribution in [0.4, 0.5) is 8.78 Å². The molecule has 0 radical (unpaired) electrons. The smallest absolute Gasteiger partial charge is 0.258 e. The van der Waals surface area contributed by atoms with Gasteiger partial charge in [-0.15, -0.1) is 0 Å². The van der Waals surface area contributed by atoms with Gasteiger partial charge < -0.3 is 10.6 Å². The average molecular weight is 429 g/mol. The molecule has 0 saturated heterocycles. The van der Waals surface area contributed by atoms with Gasteiger partial charge in [-0.3, -0.25) is 9.59 Å². The van der Waals surface area contributed by atoms with Crippen LogP contribution in [-0.2, 0) is 4.79 Å². The summed E-state index contributed by atoms with van der Waals surface area (Å²) in [5, 5.41) is 0.128. The van der Waals surface area contributed by atoms with E-state index in [0.717, 1.165) is 6.07 Å². The maximum Gasteiger partial charge on any atom is 0.258 e. The Morgan fingerprint density at radius 1 is 0.933 bits per heavy atom. The lowest BCUT2D eigenvalue weighted by Gasteiger charge is -2.35. The fraction of sp³-hybridized carbons (Fsp3) is 0.130. The highest BCUT2D eigenvalue weighted by atomic mass is 35.5. The van der Waals surface area contributed by atoms with Crippen molar-refractivity contribution in [2.24, 2.45) is 5.73 Å². The predicted molar refractivity (Wildman–Crippen MR) is 111 cm³/mol. The lowest BCUT2D eigenvalue weighted by molar-refractivity contribution is -0.123.